The maximum atomic E-state index is 10.7. The maximum Gasteiger partial charge on any atom is 0.151 e. The normalized spacial score (nSPS) is 15.7. The van der Waals surface area contributed by atoms with Gasteiger partial charge in [-0.3, -0.25) is 14.8 Å². The van der Waals surface area contributed by atoms with Crippen molar-refractivity contribution in [1.29, 1.82) is 0 Å². The van der Waals surface area contributed by atoms with Crippen molar-refractivity contribution in [2.75, 3.05) is 6.61 Å². The molecule has 20 heteroatoms. The first-order valence-corrected chi connectivity index (χ1v) is 34.5. The SMILES string of the molecule is CC(CCCO)c1ccc(Cl)c(CNC2(c3cnccc3-c3ccccc3OC3CC3)CC2)c1.CCCCC(C)c1ccc(Cl)c(C=O)c1.CCCCC(C)c1ccc(Cl)c(CNC2(c3cnccc3-c3ccccc3OC3CC3)CC2)c1.[B][B]B(B([B])[B])B([B])[B]. The Kier molecular flexibility index (Phi) is 28.2. The third-order valence-corrected chi connectivity index (χ3v) is 19.4. The van der Waals surface area contributed by atoms with E-state index < -0.39 is 12.8 Å². The van der Waals surface area contributed by atoms with Crippen molar-refractivity contribution < 1.29 is 19.4 Å². The number of pyridine rings is 2. The second kappa shape index (κ2) is 35.7. The van der Waals surface area contributed by atoms with E-state index in [1.807, 2.05) is 55.1 Å². The summed E-state index contributed by atoms with van der Waals surface area (Å²) in [6.45, 7) is 12.8. The van der Waals surface area contributed by atoms with Crippen LogP contribution in [0.3, 0.4) is 0 Å². The standard InChI is InChI=1S/C30H35ClN2O.C29H33ClN2O2.C13H17ClO.B9/c1-3-4-7-21(2)22-10-13-28(31)23(18-22)19-33-30(15-16-30)27-20-32-17-14-25(27)26-8-5-6-9-29(26)34-24-11-12-24;1-20(5-4-16-33)21-8-11-27(30)22(17-21)18-32-29(13-14-29)26-19-31-15-12-24(26)25-6-2-3-7-28(25)34-23-9-10-23;1-3-4-5-10(2)11-6-7-13(14)12(8-11)9-15;1-6-9(7(2)3)8(4)5/h5-6,8-10,13-14,17-18,20-21,24,33H,3-4,7,11-12,15-16,19H2,1-2H3;2-3,6-8,11-12,15,17,19-20,23,32-33H,4-5,9-10,13-14,16,18H2,1H3;6-10H,3-5H2,1-2H3;. The Balaban J connectivity index is 0.000000176. The molecule has 8 nitrogen and oxygen atoms in total. The van der Waals surface area contributed by atoms with Gasteiger partial charge in [0, 0.05) is 147 Å². The van der Waals surface area contributed by atoms with Gasteiger partial charge < -0.3 is 25.2 Å². The minimum Gasteiger partial charge on any atom is -0.490 e. The fourth-order valence-corrected chi connectivity index (χ4v) is 12.2. The molecule has 92 heavy (non-hydrogen) atoms. The van der Waals surface area contributed by atoms with Gasteiger partial charge in [0.25, 0.3) is 0 Å². The molecule has 3 N–H and O–H groups in total. The minimum atomic E-state index is -0.574. The largest absolute Gasteiger partial charge is 0.490 e. The van der Waals surface area contributed by atoms with Crippen LogP contribution in [0.1, 0.15) is 204 Å². The zero-order valence-electron chi connectivity index (χ0n) is 54.6. The molecule has 2 aromatic heterocycles. The summed E-state index contributed by atoms with van der Waals surface area (Å²) in [6, 6.07) is 39.6. The first-order chi connectivity index (χ1) is 44.5. The van der Waals surface area contributed by atoms with Crippen LogP contribution < -0.4 is 20.1 Å². The lowest BCUT2D eigenvalue weighted by Crippen LogP contribution is -2.55. The van der Waals surface area contributed by atoms with Crippen molar-refractivity contribution in [3.05, 3.63) is 200 Å². The van der Waals surface area contributed by atoms with Crippen molar-refractivity contribution in [1.82, 2.24) is 20.6 Å². The first kappa shape index (κ1) is 72.8. The number of nitrogens with zero attached hydrogens (tertiary/aromatic N) is 2. The molecule has 465 valence electrons. The number of halogens is 3. The molecule has 0 aliphatic heterocycles. The third-order valence-electron chi connectivity index (χ3n) is 18.3. The molecule has 2 heterocycles. The van der Waals surface area contributed by atoms with Gasteiger partial charge in [-0.2, -0.15) is 0 Å². The summed E-state index contributed by atoms with van der Waals surface area (Å²) >= 11 is 19.1. The molecular formula is C72H85B9Cl3N4O4. The van der Waals surface area contributed by atoms with Crippen molar-refractivity contribution in [2.24, 2.45) is 0 Å². The van der Waals surface area contributed by atoms with E-state index in [1.165, 1.54) is 83.7 Å². The smallest absolute Gasteiger partial charge is 0.151 e. The molecule has 11 radical (unpaired) electrons. The Morgan fingerprint density at radius 1 is 0.587 bits per heavy atom. The molecule has 5 aromatic carbocycles. The summed E-state index contributed by atoms with van der Waals surface area (Å²) in [7, 11) is 27.5. The molecule has 4 aliphatic carbocycles. The number of unbranched alkanes of at least 4 members (excludes halogenated alkanes) is 2. The number of aldehydes is 1. The average Bonchev–Trinajstić information content (AvgIpc) is 1.61. The van der Waals surface area contributed by atoms with Crippen molar-refractivity contribution in [3.63, 3.8) is 0 Å². The quantitative estimate of drug-likeness (QED) is 0.0302. The summed E-state index contributed by atoms with van der Waals surface area (Å²) in [4.78, 5) is 19.7. The zero-order valence-corrected chi connectivity index (χ0v) is 56.8. The molecular weight excluding hydrogens is 1190 g/mol. The van der Waals surface area contributed by atoms with Crippen LogP contribution in [0, 0.1) is 0 Å². The molecule has 11 rings (SSSR count). The van der Waals surface area contributed by atoms with E-state index in [1.54, 1.807) is 0 Å². The van der Waals surface area contributed by atoms with Crippen LogP contribution in [0.25, 0.3) is 22.3 Å². The van der Waals surface area contributed by atoms with Gasteiger partial charge >= 0.3 is 0 Å². The minimum absolute atomic E-state index is 0.0660. The lowest BCUT2D eigenvalue weighted by atomic mass is 8.64. The molecule has 7 aromatic rings. The third kappa shape index (κ3) is 20.8. The number of aromatic nitrogens is 2. The number of hydrogen-bond acceptors (Lipinski definition) is 8. The summed E-state index contributed by atoms with van der Waals surface area (Å²) in [6.07, 6.45) is 25.9. The predicted molar refractivity (Wildman–Crippen MR) is 394 cm³/mol. The van der Waals surface area contributed by atoms with E-state index in [9.17, 15) is 9.90 Å². The lowest BCUT2D eigenvalue weighted by molar-refractivity contribution is 0.112. The van der Waals surface area contributed by atoms with Gasteiger partial charge in [-0.1, -0.05) is 162 Å². The summed E-state index contributed by atoms with van der Waals surface area (Å²) in [5, 5.41) is 19.0. The number of aliphatic hydroxyl groups is 1. The van der Waals surface area contributed by atoms with Gasteiger partial charge in [-0.25, -0.2) is 0 Å². The summed E-state index contributed by atoms with van der Waals surface area (Å²) < 4.78 is 12.5. The maximum absolute atomic E-state index is 10.7. The van der Waals surface area contributed by atoms with Crippen molar-refractivity contribution in [2.45, 2.75) is 191 Å². The van der Waals surface area contributed by atoms with Crippen LogP contribution in [0.15, 0.2) is 140 Å². The lowest BCUT2D eigenvalue weighted by Gasteiger charge is -2.23. The highest BCUT2D eigenvalue weighted by atomic mass is 35.5. The van der Waals surface area contributed by atoms with Gasteiger partial charge in [-0.15, -0.1) is 0 Å². The Morgan fingerprint density at radius 2 is 0.989 bits per heavy atom. The fraction of sp³-hybridized carbons (Fsp3) is 0.431. The van der Waals surface area contributed by atoms with Gasteiger partial charge in [0.2, 0.25) is 0 Å². The highest BCUT2D eigenvalue weighted by molar-refractivity contribution is 7.93. The highest BCUT2D eigenvalue weighted by Crippen LogP contribution is 2.52. The topological polar surface area (TPSA) is 106 Å². The summed E-state index contributed by atoms with van der Waals surface area (Å²) in [5.74, 6) is 3.39. The van der Waals surface area contributed by atoms with Gasteiger partial charge in [0.1, 0.15) is 11.5 Å². The monoisotopic (exact) mass is 1270 g/mol. The van der Waals surface area contributed by atoms with E-state index in [2.05, 4.69) is 140 Å². The molecule has 0 bridgehead atoms. The Hall–Kier alpha value is -5.00. The first-order valence-electron chi connectivity index (χ1n) is 33.4. The van der Waals surface area contributed by atoms with Crippen molar-refractivity contribution in [3.8, 4) is 33.8 Å². The molecule has 0 spiro atoms. The molecule has 3 unspecified atom stereocenters. The fourth-order valence-electron chi connectivity index (χ4n) is 11.7. The molecule has 3 atom stereocenters. The Labute approximate surface area is 573 Å². The van der Waals surface area contributed by atoms with Crippen LogP contribution >= 0.6 is 34.8 Å². The zero-order chi connectivity index (χ0) is 65.8. The number of carbonyl (C=O) groups excluding carboxylic acids is 1. The number of nitrogens with one attached hydrogen (secondary N) is 2. The van der Waals surface area contributed by atoms with Crippen LogP contribution in [-0.2, 0) is 24.2 Å². The number of ether oxygens (including phenoxy) is 2. The van der Waals surface area contributed by atoms with Crippen LogP contribution in [-0.4, -0.2) is 105 Å². The van der Waals surface area contributed by atoms with E-state index in [0.717, 1.165) is 122 Å². The van der Waals surface area contributed by atoms with E-state index >= 15 is 0 Å². The molecule has 4 fully saturated rings. The van der Waals surface area contributed by atoms with Crippen molar-refractivity contribution >= 4 is 106 Å². The van der Waals surface area contributed by atoms with Gasteiger partial charge in [0.05, 0.1) is 17.2 Å². The second-order valence-electron chi connectivity index (χ2n) is 25.7. The van der Waals surface area contributed by atoms with Gasteiger partial charge in [-0.05, 0) is 193 Å². The van der Waals surface area contributed by atoms with Crippen LogP contribution in [0.2, 0.25) is 15.1 Å². The van der Waals surface area contributed by atoms with E-state index in [0.29, 0.717) is 47.1 Å². The number of benzene rings is 5. The molecule has 0 saturated heterocycles. The molecule has 4 aliphatic rings. The predicted octanol–water partition coefficient (Wildman–Crippen LogP) is 15.6. The number of rotatable bonds is 30. The summed E-state index contributed by atoms with van der Waals surface area (Å²) in [5.41, 5.74) is 13.8. The average molecular weight is 1270 g/mol. The number of hydrogen-bond donors (Lipinski definition) is 3. The van der Waals surface area contributed by atoms with E-state index in [-0.39, 0.29) is 24.1 Å². The number of aliphatic hydroxyl groups excluding tert-OH is 1. The Bertz CT molecular complexity index is 3280. The van der Waals surface area contributed by atoms with Gasteiger partial charge in [0.15, 0.2) is 6.29 Å². The molecule has 0 amide bonds. The van der Waals surface area contributed by atoms with E-state index in [4.69, 9.17) is 83.0 Å². The number of para-hydroxylation sites is 2. The Morgan fingerprint density at radius 3 is 1.35 bits per heavy atom. The number of carbonyl (C=O) groups is 1. The highest BCUT2D eigenvalue weighted by Gasteiger charge is 2.47. The van der Waals surface area contributed by atoms with Crippen LogP contribution in [0.5, 0.6) is 11.5 Å². The molecule has 4 saturated carbocycles. The van der Waals surface area contributed by atoms with Crippen LogP contribution in [0.4, 0.5) is 0 Å². The second-order valence-corrected chi connectivity index (χ2v) is 26.9.